The smallest absolute Gasteiger partial charge is 0.416 e. The number of halogens is 3. The molecule has 1 unspecified atom stereocenters. The van der Waals surface area contributed by atoms with Crippen LogP contribution in [0.5, 0.6) is 5.75 Å². The van der Waals surface area contributed by atoms with Crippen molar-refractivity contribution in [1.82, 2.24) is 9.80 Å². The lowest BCUT2D eigenvalue weighted by molar-refractivity contribution is -0.138. The van der Waals surface area contributed by atoms with Crippen molar-refractivity contribution in [3.8, 4) is 5.75 Å². The summed E-state index contributed by atoms with van der Waals surface area (Å²) in [5.74, 6) is -1.20. The van der Waals surface area contributed by atoms with Crippen LogP contribution in [0.3, 0.4) is 0 Å². The van der Waals surface area contributed by atoms with Gasteiger partial charge < -0.3 is 9.64 Å². The summed E-state index contributed by atoms with van der Waals surface area (Å²) in [6.07, 6.45) is -4.23. The highest BCUT2D eigenvalue weighted by Gasteiger charge is 2.46. The molecule has 0 radical (unpaired) electrons. The lowest BCUT2D eigenvalue weighted by Crippen LogP contribution is -2.49. The Labute approximate surface area is 242 Å². The second-order valence-electron chi connectivity index (χ2n) is 10.2. The molecule has 0 spiro atoms. The Morgan fingerprint density at radius 1 is 0.952 bits per heavy atom. The summed E-state index contributed by atoms with van der Waals surface area (Å²) in [5, 5.41) is -1.45. The first-order valence-corrected chi connectivity index (χ1v) is 16.4. The van der Waals surface area contributed by atoms with Crippen LogP contribution >= 0.6 is 0 Å². The molecule has 0 saturated carbocycles. The van der Waals surface area contributed by atoms with E-state index in [1.165, 1.54) is 43.5 Å². The number of sulfone groups is 2. The number of ether oxygens (including phenoxy) is 1. The van der Waals surface area contributed by atoms with Crippen molar-refractivity contribution >= 4 is 25.6 Å². The monoisotopic (exact) mass is 622 g/mol. The average molecular weight is 623 g/mol. The second kappa shape index (κ2) is 11.3. The summed E-state index contributed by atoms with van der Waals surface area (Å²) in [6, 6.07) is 15.6. The van der Waals surface area contributed by atoms with Crippen LogP contribution in [0.4, 0.5) is 13.2 Å². The van der Waals surface area contributed by atoms with Crippen LogP contribution < -0.4 is 4.74 Å². The molecule has 5 rings (SSSR count). The first-order valence-electron chi connectivity index (χ1n) is 13.2. The van der Waals surface area contributed by atoms with Crippen molar-refractivity contribution in [3.63, 3.8) is 0 Å². The molecule has 2 heterocycles. The van der Waals surface area contributed by atoms with Crippen LogP contribution in [0.15, 0.2) is 76.5 Å². The van der Waals surface area contributed by atoms with Crippen molar-refractivity contribution in [2.45, 2.75) is 27.6 Å². The number of rotatable bonds is 7. The molecule has 224 valence electrons. The van der Waals surface area contributed by atoms with Gasteiger partial charge in [-0.3, -0.25) is 9.69 Å². The molecule has 2 aliphatic rings. The molecule has 2 aliphatic heterocycles. The molecule has 1 amide bonds. The number of fused-ring (bicyclic) bond motifs is 1. The lowest BCUT2D eigenvalue weighted by Gasteiger charge is -2.35. The largest absolute Gasteiger partial charge is 0.496 e. The van der Waals surface area contributed by atoms with Crippen LogP contribution in [0.1, 0.15) is 32.3 Å². The molecule has 0 bridgehead atoms. The molecule has 1 fully saturated rings. The van der Waals surface area contributed by atoms with Gasteiger partial charge in [-0.15, -0.1) is 0 Å². The third-order valence-electron chi connectivity index (χ3n) is 7.74. The number of alkyl halides is 3. The molecule has 13 heteroatoms. The first-order chi connectivity index (χ1) is 19.8. The zero-order chi connectivity index (χ0) is 30.3. The van der Waals surface area contributed by atoms with Gasteiger partial charge in [0.1, 0.15) is 11.0 Å². The second-order valence-corrected chi connectivity index (χ2v) is 14.4. The van der Waals surface area contributed by atoms with Gasteiger partial charge in [-0.05, 0) is 42.3 Å². The molecule has 0 aromatic heterocycles. The number of nitrogens with zero attached hydrogens (tertiary/aromatic N) is 2. The fourth-order valence-electron chi connectivity index (χ4n) is 5.58. The molecular formula is C29H29F3N2O6S2. The number of hydrogen-bond acceptors (Lipinski definition) is 7. The van der Waals surface area contributed by atoms with Gasteiger partial charge in [0.05, 0.1) is 33.8 Å². The Morgan fingerprint density at radius 3 is 2.24 bits per heavy atom. The van der Waals surface area contributed by atoms with Crippen molar-refractivity contribution < 1.29 is 39.5 Å². The van der Waals surface area contributed by atoms with E-state index in [9.17, 15) is 34.8 Å². The summed E-state index contributed by atoms with van der Waals surface area (Å²) in [7, 11) is -6.82. The Balaban J connectivity index is 1.35. The van der Waals surface area contributed by atoms with Gasteiger partial charge in [-0.2, -0.15) is 13.2 Å². The summed E-state index contributed by atoms with van der Waals surface area (Å²) in [4.78, 5) is 16.9. The van der Waals surface area contributed by atoms with Crippen molar-refractivity contribution in [3.05, 3.63) is 89.0 Å². The molecule has 3 aromatic rings. The van der Waals surface area contributed by atoms with Crippen LogP contribution in [-0.4, -0.2) is 78.1 Å². The van der Waals surface area contributed by atoms with E-state index >= 15 is 0 Å². The summed E-state index contributed by atoms with van der Waals surface area (Å²) < 4.78 is 98.6. The fraction of sp³-hybridized carbons (Fsp3) is 0.345. The molecule has 1 atom stereocenters. The molecule has 8 nitrogen and oxygen atoms in total. The molecule has 0 N–H and O–H groups in total. The maximum atomic E-state index is 13.6. The van der Waals surface area contributed by atoms with Gasteiger partial charge in [0.2, 0.25) is 0 Å². The molecule has 1 saturated heterocycles. The number of carbonyl (C=O) groups excluding carboxylic acids is 1. The Morgan fingerprint density at radius 2 is 1.60 bits per heavy atom. The molecule has 42 heavy (non-hydrogen) atoms. The third-order valence-corrected chi connectivity index (χ3v) is 11.8. The van der Waals surface area contributed by atoms with Crippen molar-refractivity contribution in [1.29, 1.82) is 0 Å². The molecule has 3 aromatic carbocycles. The minimum Gasteiger partial charge on any atom is -0.496 e. The summed E-state index contributed by atoms with van der Waals surface area (Å²) >= 11 is 0. The molecule has 0 aliphatic carbocycles. The van der Waals surface area contributed by atoms with Crippen molar-refractivity contribution in [2.75, 3.05) is 45.6 Å². The number of methoxy groups -OCH3 is 1. The van der Waals surface area contributed by atoms with Crippen LogP contribution in [0.2, 0.25) is 0 Å². The minimum atomic E-state index is -4.44. The topological polar surface area (TPSA) is 101 Å². The predicted molar refractivity (Wildman–Crippen MR) is 149 cm³/mol. The number of piperazine rings is 1. The van der Waals surface area contributed by atoms with Gasteiger partial charge in [-0.25, -0.2) is 16.8 Å². The Bertz CT molecular complexity index is 1700. The zero-order valence-corrected chi connectivity index (χ0v) is 24.3. The van der Waals surface area contributed by atoms with E-state index in [1.54, 1.807) is 29.2 Å². The number of carbonyl (C=O) groups is 1. The Hall–Kier alpha value is -3.42. The normalized spacial score (nSPS) is 19.0. The van der Waals surface area contributed by atoms with E-state index in [2.05, 4.69) is 0 Å². The zero-order valence-electron chi connectivity index (χ0n) is 22.7. The lowest BCUT2D eigenvalue weighted by atomic mass is 10.0. The van der Waals surface area contributed by atoms with Gasteiger partial charge in [0.25, 0.3) is 5.91 Å². The van der Waals surface area contributed by atoms with E-state index in [0.29, 0.717) is 19.6 Å². The summed E-state index contributed by atoms with van der Waals surface area (Å²) in [5.41, 5.74) is -0.443. The van der Waals surface area contributed by atoms with Crippen LogP contribution in [-0.2, 0) is 32.3 Å². The third kappa shape index (κ3) is 5.64. The quantitative estimate of drug-likeness (QED) is 0.393. The number of benzene rings is 3. The molecular weight excluding hydrogens is 593 g/mol. The highest BCUT2D eigenvalue weighted by molar-refractivity contribution is 7.96. The predicted octanol–water partition coefficient (Wildman–Crippen LogP) is 4.02. The highest BCUT2D eigenvalue weighted by Crippen LogP contribution is 2.47. The summed E-state index contributed by atoms with van der Waals surface area (Å²) in [6.45, 7) is 1.79. The van der Waals surface area contributed by atoms with Crippen LogP contribution in [0.25, 0.3) is 0 Å². The van der Waals surface area contributed by atoms with Gasteiger partial charge >= 0.3 is 6.18 Å². The minimum absolute atomic E-state index is 0.0363. The van der Waals surface area contributed by atoms with E-state index in [-0.39, 0.29) is 51.7 Å². The first kappa shape index (κ1) is 30.1. The van der Waals surface area contributed by atoms with E-state index in [1.807, 2.05) is 4.90 Å². The standard InChI is InChI=1S/C29H29F3N2O6S2/c1-40-27-22(11-12-24-26(27)25(19-41(24,36)37)42(38,39)21-8-3-2-4-9-21)28(35)34-17-15-33(16-18-34)14-13-20-7-5-6-10-23(20)29(30,31)32/h2-12,25H,13-19H2,1H3. The number of amides is 1. The van der Waals surface area contributed by atoms with Gasteiger partial charge in [0, 0.05) is 38.3 Å². The maximum Gasteiger partial charge on any atom is 0.416 e. The van der Waals surface area contributed by atoms with Gasteiger partial charge in [0.15, 0.2) is 19.7 Å². The highest BCUT2D eigenvalue weighted by atomic mass is 32.2. The average Bonchev–Trinajstić information content (AvgIpc) is 3.27. The van der Waals surface area contributed by atoms with E-state index < -0.39 is 48.3 Å². The van der Waals surface area contributed by atoms with E-state index in [0.717, 1.165) is 6.07 Å². The Kier molecular flexibility index (Phi) is 8.12. The maximum absolute atomic E-state index is 13.6. The van der Waals surface area contributed by atoms with Gasteiger partial charge in [-0.1, -0.05) is 36.4 Å². The van der Waals surface area contributed by atoms with Crippen molar-refractivity contribution in [2.24, 2.45) is 0 Å². The SMILES string of the molecule is COc1c(C(=O)N2CCN(CCc3ccccc3C(F)(F)F)CC2)ccc2c1C(S(=O)(=O)c1ccccc1)CS2(=O)=O. The number of hydrogen-bond donors (Lipinski definition) is 0. The van der Waals surface area contributed by atoms with E-state index in [4.69, 9.17) is 4.74 Å². The fourth-order valence-corrected chi connectivity index (χ4v) is 9.90. The van der Waals surface area contributed by atoms with Crippen LogP contribution in [0, 0.1) is 0 Å².